The van der Waals surface area contributed by atoms with Crippen LogP contribution >= 0.6 is 11.3 Å². The zero-order valence-electron chi connectivity index (χ0n) is 10.4. The van der Waals surface area contributed by atoms with Gasteiger partial charge in [-0.05, 0) is 18.4 Å². The van der Waals surface area contributed by atoms with Crippen molar-refractivity contribution in [3.8, 4) is 0 Å². The third-order valence-electron chi connectivity index (χ3n) is 2.56. The second kappa shape index (κ2) is 5.96. The van der Waals surface area contributed by atoms with Crippen molar-refractivity contribution in [2.75, 3.05) is 0 Å². The van der Waals surface area contributed by atoms with Crippen LogP contribution < -0.4 is 11.1 Å². The molecule has 19 heavy (non-hydrogen) atoms. The first kappa shape index (κ1) is 13.7. The standard InChI is InChI=1S/C12H15N3O3S/c1-7(16)10(13)12-15-9(6-18-12)11(17)14-5-8-3-2-4-19-8/h2-4,6-7,10,16H,5,13H2,1H3,(H,14,17). The number of oxazole rings is 1. The lowest BCUT2D eigenvalue weighted by Gasteiger charge is -2.09. The van der Waals surface area contributed by atoms with Crippen molar-refractivity contribution >= 4 is 17.2 Å². The summed E-state index contributed by atoms with van der Waals surface area (Å²) < 4.78 is 5.09. The van der Waals surface area contributed by atoms with Crippen LogP contribution in [-0.2, 0) is 6.54 Å². The van der Waals surface area contributed by atoms with E-state index in [1.165, 1.54) is 13.2 Å². The number of rotatable bonds is 5. The molecule has 0 fully saturated rings. The Morgan fingerprint density at radius 3 is 3.11 bits per heavy atom. The topological polar surface area (TPSA) is 101 Å². The molecular weight excluding hydrogens is 266 g/mol. The average Bonchev–Trinajstić information content (AvgIpc) is 3.05. The quantitative estimate of drug-likeness (QED) is 0.760. The highest BCUT2D eigenvalue weighted by molar-refractivity contribution is 7.09. The van der Waals surface area contributed by atoms with Crippen molar-refractivity contribution in [2.45, 2.75) is 25.6 Å². The molecule has 2 atom stereocenters. The Hall–Kier alpha value is -1.70. The SMILES string of the molecule is CC(O)C(N)c1nc(C(=O)NCc2cccs2)co1. The highest BCUT2D eigenvalue weighted by atomic mass is 32.1. The fraction of sp³-hybridized carbons (Fsp3) is 0.333. The van der Waals surface area contributed by atoms with E-state index in [0.717, 1.165) is 4.88 Å². The lowest BCUT2D eigenvalue weighted by molar-refractivity contribution is 0.0946. The number of nitrogens with one attached hydrogen (secondary N) is 1. The summed E-state index contributed by atoms with van der Waals surface area (Å²) in [6.07, 6.45) is 0.446. The van der Waals surface area contributed by atoms with Gasteiger partial charge in [-0.15, -0.1) is 11.3 Å². The van der Waals surface area contributed by atoms with Gasteiger partial charge in [0.05, 0.1) is 12.6 Å². The number of hydrogen-bond acceptors (Lipinski definition) is 6. The minimum Gasteiger partial charge on any atom is -0.446 e. The molecule has 0 radical (unpaired) electrons. The maximum atomic E-state index is 11.8. The molecule has 0 aliphatic rings. The number of aliphatic hydroxyl groups excluding tert-OH is 1. The zero-order chi connectivity index (χ0) is 13.8. The minimum atomic E-state index is -0.791. The molecule has 0 saturated carbocycles. The normalized spacial score (nSPS) is 14.1. The first-order chi connectivity index (χ1) is 9.08. The van der Waals surface area contributed by atoms with Gasteiger partial charge in [0.25, 0.3) is 5.91 Å². The molecule has 0 saturated heterocycles. The maximum Gasteiger partial charge on any atom is 0.273 e. The van der Waals surface area contributed by atoms with Crippen LogP contribution in [0.15, 0.2) is 28.2 Å². The third-order valence-corrected chi connectivity index (χ3v) is 3.44. The van der Waals surface area contributed by atoms with Crippen molar-refractivity contribution in [3.05, 3.63) is 40.2 Å². The minimum absolute atomic E-state index is 0.149. The number of nitrogens with two attached hydrogens (primary N) is 1. The molecule has 0 aliphatic carbocycles. The summed E-state index contributed by atoms with van der Waals surface area (Å²) in [5.41, 5.74) is 5.82. The Bertz CT molecular complexity index is 536. The van der Waals surface area contributed by atoms with E-state index in [2.05, 4.69) is 10.3 Å². The van der Waals surface area contributed by atoms with Crippen molar-refractivity contribution in [1.29, 1.82) is 0 Å². The Morgan fingerprint density at radius 1 is 1.68 bits per heavy atom. The number of thiophene rings is 1. The van der Waals surface area contributed by atoms with E-state index >= 15 is 0 Å². The predicted molar refractivity (Wildman–Crippen MR) is 70.6 cm³/mol. The number of carbonyl (C=O) groups is 1. The fourth-order valence-electron chi connectivity index (χ4n) is 1.42. The van der Waals surface area contributed by atoms with E-state index in [4.69, 9.17) is 10.2 Å². The van der Waals surface area contributed by atoms with E-state index in [1.54, 1.807) is 11.3 Å². The second-order valence-electron chi connectivity index (χ2n) is 4.10. The number of hydrogen-bond donors (Lipinski definition) is 3. The Kier molecular flexibility index (Phi) is 4.31. The lowest BCUT2D eigenvalue weighted by atomic mass is 10.2. The van der Waals surface area contributed by atoms with Gasteiger partial charge < -0.3 is 20.6 Å². The van der Waals surface area contributed by atoms with Crippen LogP contribution in [-0.4, -0.2) is 22.1 Å². The molecule has 0 aromatic carbocycles. The molecule has 0 spiro atoms. The largest absolute Gasteiger partial charge is 0.446 e. The van der Waals surface area contributed by atoms with Crippen LogP contribution in [0.3, 0.4) is 0 Å². The molecule has 2 rings (SSSR count). The molecule has 7 heteroatoms. The van der Waals surface area contributed by atoms with Crippen LogP contribution in [0.1, 0.15) is 34.2 Å². The van der Waals surface area contributed by atoms with Gasteiger partial charge in [-0.2, -0.15) is 0 Å². The molecule has 0 aliphatic heterocycles. The predicted octanol–water partition coefficient (Wildman–Crippen LogP) is 1.05. The van der Waals surface area contributed by atoms with E-state index < -0.39 is 12.1 Å². The molecule has 2 heterocycles. The monoisotopic (exact) mass is 281 g/mol. The molecule has 2 aromatic heterocycles. The Morgan fingerprint density at radius 2 is 2.47 bits per heavy atom. The highest BCUT2D eigenvalue weighted by Gasteiger charge is 2.20. The number of amides is 1. The smallest absolute Gasteiger partial charge is 0.273 e. The van der Waals surface area contributed by atoms with Gasteiger partial charge in [-0.1, -0.05) is 6.07 Å². The first-order valence-electron chi connectivity index (χ1n) is 5.77. The number of nitrogens with zero attached hydrogens (tertiary/aromatic N) is 1. The molecular formula is C12H15N3O3S. The molecule has 0 bridgehead atoms. The molecule has 6 nitrogen and oxygen atoms in total. The van der Waals surface area contributed by atoms with Crippen LogP contribution in [0.4, 0.5) is 0 Å². The molecule has 102 valence electrons. The molecule has 2 unspecified atom stereocenters. The molecule has 2 aromatic rings. The lowest BCUT2D eigenvalue weighted by Crippen LogP contribution is -2.25. The van der Waals surface area contributed by atoms with Crippen LogP contribution in [0.2, 0.25) is 0 Å². The second-order valence-corrected chi connectivity index (χ2v) is 5.13. The summed E-state index contributed by atoms with van der Waals surface area (Å²) in [6.45, 7) is 1.98. The van der Waals surface area contributed by atoms with Gasteiger partial charge in [-0.3, -0.25) is 4.79 Å². The summed E-state index contributed by atoms with van der Waals surface area (Å²) in [5, 5.41) is 14.0. The van der Waals surface area contributed by atoms with E-state index in [1.807, 2.05) is 17.5 Å². The van der Waals surface area contributed by atoms with Crippen molar-refractivity contribution in [2.24, 2.45) is 5.73 Å². The van der Waals surface area contributed by atoms with Gasteiger partial charge in [0.1, 0.15) is 12.3 Å². The Labute approximate surface area is 114 Å². The Balaban J connectivity index is 1.96. The first-order valence-corrected chi connectivity index (χ1v) is 6.65. The van der Waals surface area contributed by atoms with Gasteiger partial charge in [0.15, 0.2) is 5.69 Å². The van der Waals surface area contributed by atoms with E-state index in [-0.39, 0.29) is 17.5 Å². The fourth-order valence-corrected chi connectivity index (χ4v) is 2.07. The van der Waals surface area contributed by atoms with Crippen molar-refractivity contribution in [1.82, 2.24) is 10.3 Å². The maximum absolute atomic E-state index is 11.8. The summed E-state index contributed by atoms with van der Waals surface area (Å²) >= 11 is 1.56. The molecule has 1 amide bonds. The van der Waals surface area contributed by atoms with Gasteiger partial charge >= 0.3 is 0 Å². The summed E-state index contributed by atoms with van der Waals surface area (Å²) in [7, 11) is 0. The number of aromatic nitrogens is 1. The van der Waals surface area contributed by atoms with Gasteiger partial charge in [-0.25, -0.2) is 4.98 Å². The summed E-state index contributed by atoms with van der Waals surface area (Å²) in [6, 6.07) is 3.11. The number of aliphatic hydroxyl groups is 1. The summed E-state index contributed by atoms with van der Waals surface area (Å²) in [4.78, 5) is 16.8. The van der Waals surface area contributed by atoms with E-state index in [0.29, 0.717) is 6.54 Å². The zero-order valence-corrected chi connectivity index (χ0v) is 11.2. The third kappa shape index (κ3) is 3.40. The highest BCUT2D eigenvalue weighted by Crippen LogP contribution is 2.14. The van der Waals surface area contributed by atoms with Crippen LogP contribution in [0, 0.1) is 0 Å². The average molecular weight is 281 g/mol. The van der Waals surface area contributed by atoms with E-state index in [9.17, 15) is 9.90 Å². The van der Waals surface area contributed by atoms with Crippen LogP contribution in [0.25, 0.3) is 0 Å². The van der Waals surface area contributed by atoms with Crippen molar-refractivity contribution < 1.29 is 14.3 Å². The van der Waals surface area contributed by atoms with Crippen molar-refractivity contribution in [3.63, 3.8) is 0 Å². The number of carbonyl (C=O) groups excluding carboxylic acids is 1. The summed E-state index contributed by atoms with van der Waals surface area (Å²) in [5.74, 6) is -0.183. The molecule has 4 N–H and O–H groups in total. The van der Waals surface area contributed by atoms with Gasteiger partial charge in [0, 0.05) is 4.88 Å². The van der Waals surface area contributed by atoms with Crippen LogP contribution in [0.5, 0.6) is 0 Å². The van der Waals surface area contributed by atoms with Gasteiger partial charge in [0.2, 0.25) is 5.89 Å².